The Labute approximate surface area is 233 Å². The molecular formula is C28H32ClN3O6S. The van der Waals surface area contributed by atoms with E-state index >= 15 is 0 Å². The molecule has 0 saturated heterocycles. The summed E-state index contributed by atoms with van der Waals surface area (Å²) in [5.74, 6) is -0.408. The second-order valence-corrected chi connectivity index (χ2v) is 11.9. The van der Waals surface area contributed by atoms with Crippen LogP contribution in [0.4, 0.5) is 4.79 Å². The van der Waals surface area contributed by atoms with E-state index in [1.54, 1.807) is 18.2 Å². The third kappa shape index (κ3) is 9.05. The van der Waals surface area contributed by atoms with Crippen LogP contribution >= 0.6 is 11.6 Å². The smallest absolute Gasteiger partial charge is 0.407 e. The van der Waals surface area contributed by atoms with Crippen LogP contribution in [0.3, 0.4) is 0 Å². The molecule has 2 amide bonds. The topological polar surface area (TPSA) is 137 Å². The molecule has 0 aliphatic carbocycles. The van der Waals surface area contributed by atoms with Crippen LogP contribution in [-0.2, 0) is 22.9 Å². The van der Waals surface area contributed by atoms with Gasteiger partial charge >= 0.3 is 6.09 Å². The number of nitrogens with one attached hydrogen (secondary N) is 1. The molecule has 0 radical (unpaired) electrons. The number of halogens is 1. The van der Waals surface area contributed by atoms with Gasteiger partial charge in [-0.3, -0.25) is 4.79 Å². The SMILES string of the molecule is CC(C)Cc1cc(-c2ccc(CCN(C[C@@H](O)c3ccc(Cl)nc3)C(=O)O)cc2)ccc1C(=O)NS(C)(=O)=O. The number of rotatable bonds is 11. The number of carbonyl (C=O) groups excluding carboxylic acids is 1. The van der Waals surface area contributed by atoms with Crippen molar-refractivity contribution >= 4 is 33.6 Å². The highest BCUT2D eigenvalue weighted by Gasteiger charge is 2.19. The lowest BCUT2D eigenvalue weighted by Gasteiger charge is -2.22. The fourth-order valence-corrected chi connectivity index (χ4v) is 4.68. The van der Waals surface area contributed by atoms with Crippen molar-refractivity contribution in [3.05, 3.63) is 88.2 Å². The number of carbonyl (C=O) groups is 2. The van der Waals surface area contributed by atoms with E-state index in [-0.39, 0.29) is 24.2 Å². The van der Waals surface area contributed by atoms with E-state index in [9.17, 15) is 28.2 Å². The second-order valence-electron chi connectivity index (χ2n) is 9.78. The molecule has 3 rings (SSSR count). The predicted molar refractivity (Wildman–Crippen MR) is 150 cm³/mol. The number of pyridine rings is 1. The summed E-state index contributed by atoms with van der Waals surface area (Å²) < 4.78 is 25.1. The minimum atomic E-state index is -3.68. The van der Waals surface area contributed by atoms with Crippen molar-refractivity contribution in [3.63, 3.8) is 0 Å². The summed E-state index contributed by atoms with van der Waals surface area (Å²) in [5, 5.41) is 20.3. The Morgan fingerprint density at radius 3 is 2.28 bits per heavy atom. The first-order chi connectivity index (χ1) is 18.3. The van der Waals surface area contributed by atoms with Crippen molar-refractivity contribution in [2.24, 2.45) is 5.92 Å². The molecule has 3 aromatic rings. The van der Waals surface area contributed by atoms with E-state index in [1.807, 2.05) is 48.9 Å². The van der Waals surface area contributed by atoms with Crippen LogP contribution in [-0.4, -0.2) is 59.9 Å². The number of hydrogen-bond acceptors (Lipinski definition) is 6. The molecule has 11 heteroatoms. The second kappa shape index (κ2) is 13.1. The molecule has 2 aromatic carbocycles. The number of sulfonamides is 1. The highest BCUT2D eigenvalue weighted by Crippen LogP contribution is 2.25. The van der Waals surface area contributed by atoms with Gasteiger partial charge in [-0.1, -0.05) is 67.9 Å². The predicted octanol–water partition coefficient (Wildman–Crippen LogP) is 4.55. The van der Waals surface area contributed by atoms with Gasteiger partial charge in [-0.05, 0) is 53.1 Å². The molecule has 0 aliphatic rings. The Bertz CT molecular complexity index is 1410. The molecule has 39 heavy (non-hydrogen) atoms. The number of benzene rings is 2. The summed E-state index contributed by atoms with van der Waals surface area (Å²) >= 11 is 5.77. The lowest BCUT2D eigenvalue weighted by atomic mass is 9.93. The zero-order valence-electron chi connectivity index (χ0n) is 22.0. The van der Waals surface area contributed by atoms with Gasteiger partial charge in [0.25, 0.3) is 5.91 Å². The Balaban J connectivity index is 1.71. The van der Waals surface area contributed by atoms with E-state index in [0.29, 0.717) is 24.0 Å². The van der Waals surface area contributed by atoms with Crippen LogP contribution < -0.4 is 4.72 Å². The van der Waals surface area contributed by atoms with Gasteiger partial charge < -0.3 is 15.1 Å². The molecule has 1 aromatic heterocycles. The maximum Gasteiger partial charge on any atom is 0.407 e. The first-order valence-electron chi connectivity index (χ1n) is 12.3. The Morgan fingerprint density at radius 1 is 1.05 bits per heavy atom. The van der Waals surface area contributed by atoms with Crippen molar-refractivity contribution in [3.8, 4) is 11.1 Å². The van der Waals surface area contributed by atoms with Crippen LogP contribution in [0.5, 0.6) is 0 Å². The van der Waals surface area contributed by atoms with Gasteiger partial charge in [0.1, 0.15) is 5.15 Å². The Hall–Kier alpha value is -3.47. The minimum Gasteiger partial charge on any atom is -0.465 e. The fourth-order valence-electron chi connectivity index (χ4n) is 4.12. The maximum absolute atomic E-state index is 12.5. The summed E-state index contributed by atoms with van der Waals surface area (Å²) in [4.78, 5) is 29.4. The standard InChI is InChI=1S/C28H32ClN3O6S/c1-18(2)14-23-15-21(8-10-24(23)27(34)31-39(3,37)38)20-6-4-19(5-7-20)12-13-32(28(35)36)17-25(33)22-9-11-26(29)30-16-22/h4-11,15-16,18,25,33H,12-14,17H2,1-3H3,(H,31,34)(H,35,36)/t25-/m1/s1. The minimum absolute atomic E-state index is 0.103. The van der Waals surface area contributed by atoms with Crippen molar-refractivity contribution in [1.29, 1.82) is 0 Å². The van der Waals surface area contributed by atoms with Crippen LogP contribution in [0.1, 0.15) is 47.0 Å². The third-order valence-corrected chi connectivity index (χ3v) is 6.79. The van der Waals surface area contributed by atoms with E-state index in [2.05, 4.69) is 4.98 Å². The largest absolute Gasteiger partial charge is 0.465 e. The van der Waals surface area contributed by atoms with Gasteiger partial charge in [0.15, 0.2) is 0 Å². The van der Waals surface area contributed by atoms with Gasteiger partial charge in [-0.25, -0.2) is 22.9 Å². The molecular weight excluding hydrogens is 542 g/mol. The number of nitrogens with zero attached hydrogens (tertiary/aromatic N) is 2. The van der Waals surface area contributed by atoms with Gasteiger partial charge in [-0.2, -0.15) is 0 Å². The number of amides is 2. The van der Waals surface area contributed by atoms with Crippen molar-refractivity contribution in [1.82, 2.24) is 14.6 Å². The molecule has 0 aliphatic heterocycles. The molecule has 0 spiro atoms. The van der Waals surface area contributed by atoms with Crippen LogP contribution in [0, 0.1) is 5.92 Å². The third-order valence-electron chi connectivity index (χ3n) is 6.01. The Morgan fingerprint density at radius 2 is 1.72 bits per heavy atom. The summed E-state index contributed by atoms with van der Waals surface area (Å²) in [6.45, 7) is 4.13. The number of aliphatic hydroxyl groups excluding tert-OH is 1. The average Bonchev–Trinajstić information content (AvgIpc) is 2.85. The summed E-state index contributed by atoms with van der Waals surface area (Å²) in [5.41, 5.74) is 4.24. The molecule has 0 bridgehead atoms. The summed E-state index contributed by atoms with van der Waals surface area (Å²) in [7, 11) is -3.68. The fraction of sp³-hybridized carbons (Fsp3) is 0.321. The highest BCUT2D eigenvalue weighted by atomic mass is 35.5. The number of hydrogen-bond donors (Lipinski definition) is 3. The van der Waals surface area contributed by atoms with E-state index in [4.69, 9.17) is 11.6 Å². The molecule has 208 valence electrons. The van der Waals surface area contributed by atoms with Crippen molar-refractivity contribution in [2.75, 3.05) is 19.3 Å². The molecule has 0 unspecified atom stereocenters. The van der Waals surface area contributed by atoms with E-state index < -0.39 is 28.1 Å². The lowest BCUT2D eigenvalue weighted by molar-refractivity contribution is 0.0970. The lowest BCUT2D eigenvalue weighted by Crippen LogP contribution is -2.35. The molecule has 0 saturated carbocycles. The van der Waals surface area contributed by atoms with Crippen molar-refractivity contribution < 1.29 is 28.2 Å². The van der Waals surface area contributed by atoms with Crippen LogP contribution in [0.15, 0.2) is 60.8 Å². The first kappa shape index (κ1) is 30.1. The number of aromatic nitrogens is 1. The zero-order valence-corrected chi connectivity index (χ0v) is 23.5. The van der Waals surface area contributed by atoms with Crippen LogP contribution in [0.2, 0.25) is 5.15 Å². The molecule has 9 nitrogen and oxygen atoms in total. The first-order valence-corrected chi connectivity index (χ1v) is 14.6. The monoisotopic (exact) mass is 573 g/mol. The van der Waals surface area contributed by atoms with E-state index in [1.165, 1.54) is 12.3 Å². The number of aliphatic hydroxyl groups is 1. The molecule has 1 atom stereocenters. The summed E-state index contributed by atoms with van der Waals surface area (Å²) in [6.07, 6.45) is 1.24. The normalized spacial score (nSPS) is 12.3. The quantitative estimate of drug-likeness (QED) is 0.286. The van der Waals surface area contributed by atoms with Gasteiger partial charge in [-0.15, -0.1) is 0 Å². The zero-order chi connectivity index (χ0) is 28.7. The highest BCUT2D eigenvalue weighted by molar-refractivity contribution is 7.89. The van der Waals surface area contributed by atoms with Crippen LogP contribution in [0.25, 0.3) is 11.1 Å². The van der Waals surface area contributed by atoms with Gasteiger partial charge in [0, 0.05) is 23.9 Å². The summed E-state index contributed by atoms with van der Waals surface area (Å²) in [6, 6.07) is 16.1. The van der Waals surface area contributed by atoms with Gasteiger partial charge in [0.05, 0.1) is 18.9 Å². The number of carboxylic acid groups (broad SMARTS) is 1. The Kier molecular flexibility index (Phi) is 10.1. The van der Waals surface area contributed by atoms with Crippen molar-refractivity contribution in [2.45, 2.75) is 32.8 Å². The average molecular weight is 574 g/mol. The van der Waals surface area contributed by atoms with E-state index in [0.717, 1.165) is 33.4 Å². The van der Waals surface area contributed by atoms with Gasteiger partial charge in [0.2, 0.25) is 10.0 Å². The maximum atomic E-state index is 12.5. The molecule has 3 N–H and O–H groups in total. The molecule has 0 fully saturated rings. The molecule has 1 heterocycles.